The molecule has 2 aromatic carbocycles. The van der Waals surface area contributed by atoms with E-state index in [2.05, 4.69) is 12.2 Å². The van der Waals surface area contributed by atoms with Gasteiger partial charge in [-0.1, -0.05) is 49.2 Å². The highest BCUT2D eigenvalue weighted by atomic mass is 35.5. The predicted molar refractivity (Wildman–Crippen MR) is 122 cm³/mol. The number of halogens is 2. The molecule has 0 saturated carbocycles. The molecule has 0 fully saturated rings. The highest BCUT2D eigenvalue weighted by molar-refractivity contribution is 7.99. The summed E-state index contributed by atoms with van der Waals surface area (Å²) in [5, 5.41) is 3.56. The molecule has 0 radical (unpaired) electrons. The Labute approximate surface area is 187 Å². The fraction of sp³-hybridized carbons (Fsp3) is 0.391. The summed E-state index contributed by atoms with van der Waals surface area (Å²) in [7, 11) is 0. The van der Waals surface area contributed by atoms with E-state index in [1.807, 2.05) is 24.3 Å². The molecule has 2 amide bonds. The Morgan fingerprint density at radius 2 is 1.73 bits per heavy atom. The SMILES string of the molecule is CCCCNC(=O)[C@@H](C)N(Cc1ccc(F)cc1)C(=O)CSCc1ccc(Cl)cc1. The molecular weight excluding hydrogens is 423 g/mol. The highest BCUT2D eigenvalue weighted by Gasteiger charge is 2.25. The van der Waals surface area contributed by atoms with Gasteiger partial charge in [0, 0.05) is 23.9 Å². The Kier molecular flexibility index (Phi) is 10.2. The molecule has 0 aliphatic rings. The molecule has 0 bridgehead atoms. The summed E-state index contributed by atoms with van der Waals surface area (Å²) in [6, 6.07) is 12.9. The van der Waals surface area contributed by atoms with Crippen molar-refractivity contribution in [2.24, 2.45) is 0 Å². The molecule has 2 rings (SSSR count). The van der Waals surface area contributed by atoms with Crippen LogP contribution in [0, 0.1) is 5.82 Å². The standard InChI is InChI=1S/C23H28ClFN2O2S/c1-3-4-13-26-23(29)17(2)27(14-18-7-11-21(25)12-8-18)22(28)16-30-15-19-5-9-20(24)10-6-19/h5-12,17H,3-4,13-16H2,1-2H3,(H,26,29)/t17-/m1/s1. The third-order valence-electron chi connectivity index (χ3n) is 4.67. The Morgan fingerprint density at radius 1 is 1.10 bits per heavy atom. The summed E-state index contributed by atoms with van der Waals surface area (Å²) in [6.45, 7) is 4.62. The number of rotatable bonds is 11. The van der Waals surface area contributed by atoms with Gasteiger partial charge in [-0.05, 0) is 48.7 Å². The summed E-state index contributed by atoms with van der Waals surface area (Å²) >= 11 is 7.39. The van der Waals surface area contributed by atoms with E-state index in [0.717, 1.165) is 24.0 Å². The lowest BCUT2D eigenvalue weighted by Gasteiger charge is -2.28. The fourth-order valence-electron chi connectivity index (χ4n) is 2.82. The minimum absolute atomic E-state index is 0.128. The molecule has 0 saturated heterocycles. The van der Waals surface area contributed by atoms with Crippen LogP contribution in [0.25, 0.3) is 0 Å². The second-order valence-corrected chi connectivity index (χ2v) is 8.51. The van der Waals surface area contributed by atoms with Gasteiger partial charge in [-0.15, -0.1) is 11.8 Å². The topological polar surface area (TPSA) is 49.4 Å². The van der Waals surface area contributed by atoms with Crippen molar-refractivity contribution in [3.8, 4) is 0 Å². The van der Waals surface area contributed by atoms with Gasteiger partial charge in [0.15, 0.2) is 0 Å². The number of benzene rings is 2. The zero-order valence-electron chi connectivity index (χ0n) is 17.4. The molecule has 0 aromatic heterocycles. The zero-order valence-corrected chi connectivity index (χ0v) is 18.9. The molecule has 162 valence electrons. The van der Waals surface area contributed by atoms with E-state index in [-0.39, 0.29) is 29.9 Å². The second-order valence-electron chi connectivity index (χ2n) is 7.09. The zero-order chi connectivity index (χ0) is 21.9. The molecule has 0 aliphatic carbocycles. The molecule has 4 nitrogen and oxygen atoms in total. The number of nitrogens with one attached hydrogen (secondary N) is 1. The number of hydrogen-bond donors (Lipinski definition) is 1. The molecule has 7 heteroatoms. The number of carbonyl (C=O) groups excluding carboxylic acids is 2. The molecule has 0 aliphatic heterocycles. The van der Waals surface area contributed by atoms with Gasteiger partial charge in [0.2, 0.25) is 11.8 Å². The summed E-state index contributed by atoms with van der Waals surface area (Å²) in [5.74, 6) is 0.277. The summed E-state index contributed by atoms with van der Waals surface area (Å²) in [5.41, 5.74) is 1.85. The van der Waals surface area contributed by atoms with Gasteiger partial charge in [0.25, 0.3) is 0 Å². The largest absolute Gasteiger partial charge is 0.354 e. The summed E-state index contributed by atoms with van der Waals surface area (Å²) in [4.78, 5) is 27.1. The van der Waals surface area contributed by atoms with Crippen molar-refractivity contribution < 1.29 is 14.0 Å². The first kappa shape index (κ1) is 24.2. The van der Waals surface area contributed by atoms with Crippen molar-refractivity contribution in [2.75, 3.05) is 12.3 Å². The van der Waals surface area contributed by atoms with Gasteiger partial charge in [-0.2, -0.15) is 0 Å². The quantitative estimate of drug-likeness (QED) is 0.487. The third-order valence-corrected chi connectivity index (χ3v) is 5.91. The van der Waals surface area contributed by atoms with Gasteiger partial charge >= 0.3 is 0 Å². The molecular formula is C23H28ClFN2O2S. The Balaban J connectivity index is 2.02. The van der Waals surface area contributed by atoms with Crippen LogP contribution in [0.5, 0.6) is 0 Å². The van der Waals surface area contributed by atoms with Crippen molar-refractivity contribution in [3.63, 3.8) is 0 Å². The van der Waals surface area contributed by atoms with E-state index in [1.54, 1.807) is 24.0 Å². The van der Waals surface area contributed by atoms with Crippen molar-refractivity contribution in [1.29, 1.82) is 0 Å². The minimum atomic E-state index is -0.615. The molecule has 0 heterocycles. The van der Waals surface area contributed by atoms with Crippen LogP contribution in [0.15, 0.2) is 48.5 Å². The molecule has 1 atom stereocenters. The smallest absolute Gasteiger partial charge is 0.242 e. The number of hydrogen-bond acceptors (Lipinski definition) is 3. The van der Waals surface area contributed by atoms with Crippen molar-refractivity contribution in [3.05, 3.63) is 70.5 Å². The molecule has 0 unspecified atom stereocenters. The van der Waals surface area contributed by atoms with Crippen LogP contribution in [0.4, 0.5) is 4.39 Å². The van der Waals surface area contributed by atoms with Crippen molar-refractivity contribution in [2.45, 2.75) is 45.0 Å². The average molecular weight is 451 g/mol. The number of unbranched alkanes of at least 4 members (excludes halogenated alkanes) is 1. The molecule has 1 N–H and O–H groups in total. The first-order chi connectivity index (χ1) is 14.4. The summed E-state index contributed by atoms with van der Waals surface area (Å²) in [6.07, 6.45) is 1.87. The fourth-order valence-corrected chi connectivity index (χ4v) is 3.82. The minimum Gasteiger partial charge on any atom is -0.354 e. The monoisotopic (exact) mass is 450 g/mol. The maximum Gasteiger partial charge on any atom is 0.242 e. The van der Waals surface area contributed by atoms with Gasteiger partial charge in [-0.3, -0.25) is 9.59 Å². The van der Waals surface area contributed by atoms with Crippen LogP contribution >= 0.6 is 23.4 Å². The van der Waals surface area contributed by atoms with E-state index < -0.39 is 6.04 Å². The number of nitrogens with zero attached hydrogens (tertiary/aromatic N) is 1. The van der Waals surface area contributed by atoms with E-state index >= 15 is 0 Å². The van der Waals surface area contributed by atoms with Crippen LogP contribution < -0.4 is 5.32 Å². The maximum absolute atomic E-state index is 13.2. The first-order valence-electron chi connectivity index (χ1n) is 10.0. The first-order valence-corrected chi connectivity index (χ1v) is 11.6. The number of thioether (sulfide) groups is 1. The average Bonchev–Trinajstić information content (AvgIpc) is 2.74. The number of carbonyl (C=O) groups is 2. The molecule has 0 spiro atoms. The second kappa shape index (κ2) is 12.6. The van der Waals surface area contributed by atoms with E-state index in [0.29, 0.717) is 17.3 Å². The van der Waals surface area contributed by atoms with Gasteiger partial charge in [0.05, 0.1) is 5.75 Å². The normalized spacial score (nSPS) is 11.7. The Morgan fingerprint density at radius 3 is 2.37 bits per heavy atom. The van der Waals surface area contributed by atoms with Crippen LogP contribution in [0.2, 0.25) is 5.02 Å². The van der Waals surface area contributed by atoms with Gasteiger partial charge in [0.1, 0.15) is 11.9 Å². The molecule has 2 aromatic rings. The lowest BCUT2D eigenvalue weighted by molar-refractivity contribution is -0.138. The van der Waals surface area contributed by atoms with Gasteiger partial charge in [-0.25, -0.2) is 4.39 Å². The maximum atomic E-state index is 13.2. The van der Waals surface area contributed by atoms with Crippen LogP contribution in [0.1, 0.15) is 37.8 Å². The Bertz CT molecular complexity index is 815. The lowest BCUT2D eigenvalue weighted by atomic mass is 10.1. The van der Waals surface area contributed by atoms with Crippen molar-refractivity contribution in [1.82, 2.24) is 10.2 Å². The lowest BCUT2D eigenvalue weighted by Crippen LogP contribution is -2.48. The predicted octanol–water partition coefficient (Wildman–Crippen LogP) is 5.05. The van der Waals surface area contributed by atoms with Crippen LogP contribution in [0.3, 0.4) is 0 Å². The van der Waals surface area contributed by atoms with Crippen LogP contribution in [-0.4, -0.2) is 35.1 Å². The van der Waals surface area contributed by atoms with Crippen molar-refractivity contribution >= 4 is 35.2 Å². The summed E-state index contributed by atoms with van der Waals surface area (Å²) < 4.78 is 13.2. The van der Waals surface area contributed by atoms with Gasteiger partial charge < -0.3 is 10.2 Å². The van der Waals surface area contributed by atoms with E-state index in [9.17, 15) is 14.0 Å². The molecule has 30 heavy (non-hydrogen) atoms. The number of amides is 2. The van der Waals surface area contributed by atoms with E-state index in [1.165, 1.54) is 23.9 Å². The third kappa shape index (κ3) is 8.00. The Hall–Kier alpha value is -2.05. The van der Waals surface area contributed by atoms with Crippen LogP contribution in [-0.2, 0) is 21.9 Å². The highest BCUT2D eigenvalue weighted by Crippen LogP contribution is 2.18. The van der Waals surface area contributed by atoms with E-state index in [4.69, 9.17) is 11.6 Å².